The van der Waals surface area contributed by atoms with Crippen LogP contribution in [0.5, 0.6) is 5.88 Å². The van der Waals surface area contributed by atoms with Crippen LogP contribution in [0, 0.1) is 6.92 Å². The number of fused-ring (bicyclic) bond motifs is 1. The summed E-state index contributed by atoms with van der Waals surface area (Å²) in [7, 11) is 4.43. The smallest absolute Gasteiger partial charge is 0.325 e. The van der Waals surface area contributed by atoms with Crippen molar-refractivity contribution in [3.8, 4) is 28.3 Å². The topological polar surface area (TPSA) is 136 Å². The van der Waals surface area contributed by atoms with E-state index in [1.807, 2.05) is 37.3 Å². The number of aliphatic hydroxyl groups is 1. The minimum atomic E-state index is -1.39. The molecule has 11 nitrogen and oxygen atoms in total. The van der Waals surface area contributed by atoms with Gasteiger partial charge in [0.25, 0.3) is 5.91 Å². The highest BCUT2D eigenvalue weighted by Crippen LogP contribution is 2.44. The predicted molar refractivity (Wildman–Crippen MR) is 176 cm³/mol. The first-order valence-corrected chi connectivity index (χ1v) is 15.7. The number of alkyl halides is 1. The number of likely N-dealkylation sites (N-methyl/N-ethyl adjacent to an activating group) is 1. The predicted octanol–water partition coefficient (Wildman–Crippen LogP) is 4.33. The van der Waals surface area contributed by atoms with Gasteiger partial charge in [-0.05, 0) is 42.2 Å². The molecule has 4 amide bonds. The van der Waals surface area contributed by atoms with Crippen molar-refractivity contribution in [2.24, 2.45) is 0 Å². The number of nitrogens with zero attached hydrogens (tertiary/aromatic N) is 3. The number of methoxy groups -OCH3 is 1. The summed E-state index contributed by atoms with van der Waals surface area (Å²) in [6, 6.07) is 11.7. The highest BCUT2D eigenvalue weighted by atomic mass is 35.5. The summed E-state index contributed by atoms with van der Waals surface area (Å²) in [6.45, 7) is 2.30. The molecule has 3 aromatic rings. The Kier molecular flexibility index (Phi) is 8.93. The molecule has 1 saturated heterocycles. The number of pyridine rings is 1. The molecular formula is C34H36ClFN6O5. The van der Waals surface area contributed by atoms with E-state index >= 15 is 4.39 Å². The molecule has 1 fully saturated rings. The van der Waals surface area contributed by atoms with Gasteiger partial charge in [0.05, 0.1) is 29.4 Å². The Morgan fingerprint density at radius 3 is 2.62 bits per heavy atom. The van der Waals surface area contributed by atoms with E-state index in [1.165, 1.54) is 32.3 Å². The molecule has 3 heterocycles. The SMILES string of the molecule is COc1nc(-c2cccc(-c3cccc(NC(=O)C4=CN(C)C(=O)N(C)C4O)c3C)c2Cl)cc2c1C(NCC1CCC(=O)N1)C(F)C2. The Morgan fingerprint density at radius 1 is 1.17 bits per heavy atom. The van der Waals surface area contributed by atoms with Gasteiger partial charge in [-0.2, -0.15) is 0 Å². The van der Waals surface area contributed by atoms with Crippen LogP contribution >= 0.6 is 11.6 Å². The minimum absolute atomic E-state index is 0.00632. The van der Waals surface area contributed by atoms with Crippen LogP contribution in [0.15, 0.2) is 54.2 Å². The second-order valence-electron chi connectivity index (χ2n) is 12.1. The van der Waals surface area contributed by atoms with Crippen LogP contribution in [-0.2, 0) is 16.0 Å². The van der Waals surface area contributed by atoms with Crippen LogP contribution in [0.4, 0.5) is 14.9 Å². The summed E-state index contributed by atoms with van der Waals surface area (Å²) < 4.78 is 21.1. The van der Waals surface area contributed by atoms with Gasteiger partial charge < -0.3 is 30.7 Å². The van der Waals surface area contributed by atoms with Gasteiger partial charge in [-0.3, -0.25) is 14.5 Å². The van der Waals surface area contributed by atoms with E-state index in [0.29, 0.717) is 58.4 Å². The molecule has 2 aliphatic heterocycles. The molecule has 6 rings (SSSR count). The average molecular weight is 663 g/mol. The molecule has 2 aromatic carbocycles. The van der Waals surface area contributed by atoms with E-state index in [1.54, 1.807) is 12.1 Å². The third-order valence-corrected chi connectivity index (χ3v) is 9.46. The Labute approximate surface area is 276 Å². The number of urea groups is 1. The van der Waals surface area contributed by atoms with Crippen molar-refractivity contribution < 1.29 is 28.6 Å². The van der Waals surface area contributed by atoms with Crippen LogP contribution in [0.1, 0.15) is 35.6 Å². The lowest BCUT2D eigenvalue weighted by atomic mass is 9.96. The van der Waals surface area contributed by atoms with Crippen LogP contribution < -0.4 is 20.7 Å². The van der Waals surface area contributed by atoms with Crippen molar-refractivity contribution >= 4 is 35.1 Å². The fourth-order valence-electron chi connectivity index (χ4n) is 6.48. The van der Waals surface area contributed by atoms with Crippen molar-refractivity contribution in [3.05, 3.63) is 76.0 Å². The number of hydrogen-bond donors (Lipinski definition) is 4. The van der Waals surface area contributed by atoms with E-state index in [2.05, 4.69) is 16.0 Å². The molecule has 1 aromatic heterocycles. The first-order chi connectivity index (χ1) is 22.5. The van der Waals surface area contributed by atoms with Gasteiger partial charge >= 0.3 is 6.03 Å². The summed E-state index contributed by atoms with van der Waals surface area (Å²) in [5.41, 5.74) is 5.32. The largest absolute Gasteiger partial charge is 0.481 e. The zero-order valence-electron chi connectivity index (χ0n) is 26.4. The zero-order valence-corrected chi connectivity index (χ0v) is 27.2. The zero-order chi connectivity index (χ0) is 33.6. The first kappa shape index (κ1) is 32.4. The highest BCUT2D eigenvalue weighted by molar-refractivity contribution is 6.36. The van der Waals surface area contributed by atoms with Gasteiger partial charge in [-0.15, -0.1) is 0 Å². The Hall–Kier alpha value is -4.52. The Morgan fingerprint density at radius 2 is 1.89 bits per heavy atom. The van der Waals surface area contributed by atoms with Crippen LogP contribution in [0.25, 0.3) is 22.4 Å². The molecule has 4 atom stereocenters. The molecule has 0 bridgehead atoms. The molecular weight excluding hydrogens is 627 g/mol. The lowest BCUT2D eigenvalue weighted by Gasteiger charge is -2.33. The molecule has 0 saturated carbocycles. The van der Waals surface area contributed by atoms with Gasteiger partial charge in [-0.1, -0.05) is 41.9 Å². The normalized spacial score (nSPS) is 22.2. The van der Waals surface area contributed by atoms with Crippen LogP contribution in [0.3, 0.4) is 0 Å². The molecule has 0 spiro atoms. The minimum Gasteiger partial charge on any atom is -0.481 e. The number of benzene rings is 2. The third-order valence-electron chi connectivity index (χ3n) is 9.05. The number of ether oxygens (including phenoxy) is 1. The van der Waals surface area contributed by atoms with Crippen molar-refractivity contribution in [2.75, 3.05) is 33.1 Å². The number of halogens is 2. The number of anilines is 1. The Bertz CT molecular complexity index is 1800. The summed E-state index contributed by atoms with van der Waals surface area (Å²) in [4.78, 5) is 44.0. The Balaban J connectivity index is 1.28. The lowest BCUT2D eigenvalue weighted by Crippen LogP contribution is -2.49. The average Bonchev–Trinajstić information content (AvgIpc) is 3.62. The molecule has 246 valence electrons. The van der Waals surface area contributed by atoms with Gasteiger partial charge in [0, 0.05) is 68.1 Å². The number of carbonyl (C=O) groups is 3. The molecule has 4 unspecified atom stereocenters. The molecule has 1 aliphatic carbocycles. The summed E-state index contributed by atoms with van der Waals surface area (Å²) in [5, 5.41) is 20.0. The van der Waals surface area contributed by atoms with E-state index in [4.69, 9.17) is 21.3 Å². The number of aliphatic hydroxyl groups excluding tert-OH is 1. The maximum Gasteiger partial charge on any atom is 0.325 e. The number of rotatable bonds is 8. The number of hydrogen-bond acceptors (Lipinski definition) is 7. The number of amides is 4. The van der Waals surface area contributed by atoms with Gasteiger partial charge in [-0.25, -0.2) is 14.2 Å². The second kappa shape index (κ2) is 12.9. The molecule has 4 N–H and O–H groups in total. The highest BCUT2D eigenvalue weighted by Gasteiger charge is 2.38. The standard InChI is InChI=1S/C34H36ClFN6O5/c1-17-20(7-6-10-25(17)39-31(44)23-16-41(2)34(46)42(3)33(23)45)21-8-5-9-22(29(21)35)26-14-18-13-24(36)30(28(18)32(40-26)47-4)37-15-19-11-12-27(43)38-19/h5-10,14,16,19,24,30,33,37,45H,11-13,15H2,1-4H3,(H,38,43)(H,39,44). The summed E-state index contributed by atoms with van der Waals surface area (Å²) in [5.74, 6) is -0.234. The summed E-state index contributed by atoms with van der Waals surface area (Å²) >= 11 is 7.06. The number of carbonyl (C=O) groups excluding carboxylic acids is 3. The number of nitrogens with one attached hydrogen (secondary N) is 3. The van der Waals surface area contributed by atoms with Crippen LogP contribution in [-0.4, -0.2) is 83.9 Å². The van der Waals surface area contributed by atoms with Crippen molar-refractivity contribution in [1.29, 1.82) is 0 Å². The maximum absolute atomic E-state index is 15.4. The van der Waals surface area contributed by atoms with Gasteiger partial charge in [0.15, 0.2) is 6.23 Å². The second-order valence-corrected chi connectivity index (χ2v) is 12.4. The van der Waals surface area contributed by atoms with Crippen molar-refractivity contribution in [1.82, 2.24) is 25.4 Å². The van der Waals surface area contributed by atoms with Gasteiger partial charge in [0.2, 0.25) is 11.8 Å². The van der Waals surface area contributed by atoms with Crippen molar-refractivity contribution in [3.63, 3.8) is 0 Å². The molecule has 47 heavy (non-hydrogen) atoms. The molecule has 13 heteroatoms. The van der Waals surface area contributed by atoms with E-state index in [-0.39, 0.29) is 23.9 Å². The quantitative estimate of drug-likeness (QED) is 0.282. The van der Waals surface area contributed by atoms with Crippen LogP contribution in [0.2, 0.25) is 5.02 Å². The maximum atomic E-state index is 15.4. The van der Waals surface area contributed by atoms with Crippen molar-refractivity contribution in [2.45, 2.75) is 50.7 Å². The van der Waals surface area contributed by atoms with Gasteiger partial charge in [0.1, 0.15) is 6.17 Å². The fraction of sp³-hybridized carbons (Fsp3) is 0.353. The molecule has 3 aliphatic rings. The first-order valence-electron chi connectivity index (χ1n) is 15.3. The summed E-state index contributed by atoms with van der Waals surface area (Å²) in [6.07, 6.45) is 0.0946. The van der Waals surface area contributed by atoms with E-state index in [0.717, 1.165) is 21.6 Å². The molecule has 0 radical (unpaired) electrons. The monoisotopic (exact) mass is 662 g/mol. The lowest BCUT2D eigenvalue weighted by molar-refractivity contribution is -0.119. The number of aromatic nitrogens is 1. The van der Waals surface area contributed by atoms with E-state index < -0.39 is 30.4 Å². The fourth-order valence-corrected chi connectivity index (χ4v) is 6.80. The third kappa shape index (κ3) is 6.04. The van der Waals surface area contributed by atoms with E-state index in [9.17, 15) is 19.5 Å².